The van der Waals surface area contributed by atoms with Gasteiger partial charge in [-0.2, -0.15) is 0 Å². The van der Waals surface area contributed by atoms with Crippen LogP contribution >= 0.6 is 11.6 Å². The summed E-state index contributed by atoms with van der Waals surface area (Å²) in [5, 5.41) is 2.84. The van der Waals surface area contributed by atoms with E-state index in [1.807, 2.05) is 19.1 Å². The fourth-order valence-electron chi connectivity index (χ4n) is 1.37. The Labute approximate surface area is 107 Å². The normalized spacial score (nSPS) is 10.2. The highest BCUT2D eigenvalue weighted by atomic mass is 35.5. The van der Waals surface area contributed by atoms with Gasteiger partial charge in [-0.3, -0.25) is 4.79 Å². The number of hydrogen-bond donors (Lipinski definition) is 1. The Morgan fingerprint density at radius 2 is 2.06 bits per heavy atom. The van der Waals surface area contributed by atoms with E-state index in [2.05, 4.69) is 5.32 Å². The predicted molar refractivity (Wildman–Crippen MR) is 69.4 cm³/mol. The number of hydrogen-bond acceptors (Lipinski definition) is 2. The van der Waals surface area contributed by atoms with Crippen molar-refractivity contribution in [2.75, 3.05) is 19.8 Å². The molecular weight excluding hydrogens is 238 g/mol. The standard InChI is InChI=1S/C13H18ClNO2/c1-2-17-9-3-8-15-13(16)12-6-4-11(10-14)5-7-12/h4-7H,2-3,8-10H2,1H3,(H,15,16). The van der Waals surface area contributed by atoms with Gasteiger partial charge in [-0.15, -0.1) is 11.6 Å². The first-order valence-corrected chi connectivity index (χ1v) is 6.32. The number of ether oxygens (including phenoxy) is 1. The van der Waals surface area contributed by atoms with Crippen molar-refractivity contribution in [3.05, 3.63) is 35.4 Å². The summed E-state index contributed by atoms with van der Waals surface area (Å²) in [7, 11) is 0. The summed E-state index contributed by atoms with van der Waals surface area (Å²) in [5.74, 6) is 0.415. The third kappa shape index (κ3) is 5.20. The highest BCUT2D eigenvalue weighted by Crippen LogP contribution is 2.06. The van der Waals surface area contributed by atoms with Gasteiger partial charge < -0.3 is 10.1 Å². The Morgan fingerprint density at radius 1 is 1.35 bits per heavy atom. The van der Waals surface area contributed by atoms with Gasteiger partial charge in [-0.25, -0.2) is 0 Å². The molecule has 0 saturated heterocycles. The molecule has 0 radical (unpaired) electrons. The lowest BCUT2D eigenvalue weighted by Crippen LogP contribution is -2.25. The van der Waals surface area contributed by atoms with Crippen LogP contribution in [0.1, 0.15) is 29.3 Å². The second-order valence-electron chi connectivity index (χ2n) is 3.64. The van der Waals surface area contributed by atoms with E-state index in [4.69, 9.17) is 16.3 Å². The monoisotopic (exact) mass is 255 g/mol. The summed E-state index contributed by atoms with van der Waals surface area (Å²) in [5.41, 5.74) is 1.68. The molecule has 94 valence electrons. The lowest BCUT2D eigenvalue weighted by atomic mass is 10.1. The zero-order chi connectivity index (χ0) is 12.5. The molecule has 1 aromatic rings. The van der Waals surface area contributed by atoms with E-state index in [-0.39, 0.29) is 5.91 Å². The van der Waals surface area contributed by atoms with Crippen LogP contribution in [-0.2, 0) is 10.6 Å². The highest BCUT2D eigenvalue weighted by molar-refractivity contribution is 6.17. The maximum Gasteiger partial charge on any atom is 0.251 e. The van der Waals surface area contributed by atoms with Crippen LogP contribution in [0.15, 0.2) is 24.3 Å². The molecule has 0 unspecified atom stereocenters. The van der Waals surface area contributed by atoms with E-state index in [1.54, 1.807) is 12.1 Å². The number of carbonyl (C=O) groups is 1. The van der Waals surface area contributed by atoms with Crippen molar-refractivity contribution >= 4 is 17.5 Å². The zero-order valence-corrected chi connectivity index (χ0v) is 10.8. The predicted octanol–water partition coefficient (Wildman–Crippen LogP) is 2.58. The Morgan fingerprint density at radius 3 is 2.65 bits per heavy atom. The number of nitrogens with one attached hydrogen (secondary N) is 1. The fourth-order valence-corrected chi connectivity index (χ4v) is 1.55. The molecule has 0 fully saturated rings. The molecule has 0 bridgehead atoms. The number of benzene rings is 1. The Bertz CT molecular complexity index is 338. The average Bonchev–Trinajstić information content (AvgIpc) is 2.38. The lowest BCUT2D eigenvalue weighted by molar-refractivity contribution is 0.0944. The first kappa shape index (κ1) is 14.0. The molecule has 0 aliphatic rings. The van der Waals surface area contributed by atoms with Crippen molar-refractivity contribution in [2.24, 2.45) is 0 Å². The van der Waals surface area contributed by atoms with Crippen molar-refractivity contribution in [3.63, 3.8) is 0 Å². The highest BCUT2D eigenvalue weighted by Gasteiger charge is 2.03. The van der Waals surface area contributed by atoms with E-state index in [0.29, 0.717) is 31.2 Å². The quantitative estimate of drug-likeness (QED) is 0.601. The minimum Gasteiger partial charge on any atom is -0.382 e. The van der Waals surface area contributed by atoms with Gasteiger partial charge in [0.05, 0.1) is 0 Å². The molecule has 0 spiro atoms. The zero-order valence-electron chi connectivity index (χ0n) is 10.0. The second-order valence-corrected chi connectivity index (χ2v) is 3.90. The third-order valence-corrected chi connectivity index (χ3v) is 2.63. The van der Waals surface area contributed by atoms with Crippen molar-refractivity contribution in [2.45, 2.75) is 19.2 Å². The van der Waals surface area contributed by atoms with E-state index in [0.717, 1.165) is 12.0 Å². The number of alkyl halides is 1. The molecule has 0 heterocycles. The van der Waals surface area contributed by atoms with Gasteiger partial charge >= 0.3 is 0 Å². The Hall–Kier alpha value is -1.06. The van der Waals surface area contributed by atoms with E-state index in [1.165, 1.54) is 0 Å². The second kappa shape index (κ2) is 8.09. The van der Waals surface area contributed by atoms with Crippen LogP contribution < -0.4 is 5.32 Å². The fraction of sp³-hybridized carbons (Fsp3) is 0.462. The van der Waals surface area contributed by atoms with Crippen molar-refractivity contribution in [3.8, 4) is 0 Å². The Kier molecular flexibility index (Phi) is 6.67. The summed E-state index contributed by atoms with van der Waals surface area (Å²) >= 11 is 5.68. The van der Waals surface area contributed by atoms with Gasteiger partial charge in [0, 0.05) is 31.2 Å². The van der Waals surface area contributed by atoms with E-state index >= 15 is 0 Å². The average molecular weight is 256 g/mol. The van der Waals surface area contributed by atoms with Crippen LogP contribution in [0, 0.1) is 0 Å². The van der Waals surface area contributed by atoms with Gasteiger partial charge in [0.1, 0.15) is 0 Å². The molecule has 4 heteroatoms. The van der Waals surface area contributed by atoms with Crippen LogP contribution in [0.2, 0.25) is 0 Å². The maximum atomic E-state index is 11.7. The van der Waals surface area contributed by atoms with E-state index in [9.17, 15) is 4.79 Å². The summed E-state index contributed by atoms with van der Waals surface area (Å²) in [6, 6.07) is 7.30. The molecule has 17 heavy (non-hydrogen) atoms. The summed E-state index contributed by atoms with van der Waals surface area (Å²) in [4.78, 5) is 11.7. The van der Waals surface area contributed by atoms with Gasteiger partial charge in [0.15, 0.2) is 0 Å². The van der Waals surface area contributed by atoms with Crippen molar-refractivity contribution in [1.29, 1.82) is 0 Å². The van der Waals surface area contributed by atoms with Crippen molar-refractivity contribution in [1.82, 2.24) is 5.32 Å². The van der Waals surface area contributed by atoms with Gasteiger partial charge in [-0.05, 0) is 31.0 Å². The molecule has 0 aliphatic heterocycles. The molecule has 1 aromatic carbocycles. The Balaban J connectivity index is 2.31. The lowest BCUT2D eigenvalue weighted by Gasteiger charge is -2.05. The molecule has 1 amide bonds. The van der Waals surface area contributed by atoms with Gasteiger partial charge in [-0.1, -0.05) is 12.1 Å². The molecule has 0 saturated carbocycles. The number of amides is 1. The molecule has 3 nitrogen and oxygen atoms in total. The smallest absolute Gasteiger partial charge is 0.251 e. The number of halogens is 1. The molecule has 1 rings (SSSR count). The van der Waals surface area contributed by atoms with Crippen LogP contribution in [0.3, 0.4) is 0 Å². The first-order chi connectivity index (χ1) is 8.27. The van der Waals surface area contributed by atoms with Gasteiger partial charge in [0.2, 0.25) is 0 Å². The van der Waals surface area contributed by atoms with Gasteiger partial charge in [0.25, 0.3) is 5.91 Å². The summed E-state index contributed by atoms with van der Waals surface area (Å²) < 4.78 is 5.19. The SMILES string of the molecule is CCOCCCNC(=O)c1ccc(CCl)cc1. The molecular formula is C13H18ClNO2. The first-order valence-electron chi connectivity index (χ1n) is 5.78. The van der Waals surface area contributed by atoms with E-state index < -0.39 is 0 Å². The van der Waals surface area contributed by atoms with Crippen LogP contribution in [0.25, 0.3) is 0 Å². The third-order valence-electron chi connectivity index (χ3n) is 2.33. The molecule has 0 aliphatic carbocycles. The molecule has 1 N–H and O–H groups in total. The maximum absolute atomic E-state index is 11.7. The van der Waals surface area contributed by atoms with Crippen LogP contribution in [0.4, 0.5) is 0 Å². The number of carbonyl (C=O) groups excluding carboxylic acids is 1. The largest absolute Gasteiger partial charge is 0.382 e. The molecule has 0 atom stereocenters. The minimum absolute atomic E-state index is 0.0531. The minimum atomic E-state index is -0.0531. The summed E-state index contributed by atoms with van der Waals surface area (Å²) in [6.07, 6.45) is 0.833. The molecule has 0 aromatic heterocycles. The van der Waals surface area contributed by atoms with Crippen LogP contribution in [-0.4, -0.2) is 25.7 Å². The topological polar surface area (TPSA) is 38.3 Å². The van der Waals surface area contributed by atoms with Crippen molar-refractivity contribution < 1.29 is 9.53 Å². The number of rotatable bonds is 7. The van der Waals surface area contributed by atoms with Crippen LogP contribution in [0.5, 0.6) is 0 Å². The summed E-state index contributed by atoms with van der Waals surface area (Å²) in [6.45, 7) is 3.99.